The van der Waals surface area contributed by atoms with E-state index >= 15 is 0 Å². The average molecular weight is 130 g/mol. The number of hydrogen-bond donors (Lipinski definition) is 2. The van der Waals surface area contributed by atoms with Gasteiger partial charge in [0.25, 0.3) is 0 Å². The second-order valence-electron chi connectivity index (χ2n) is 1.69. The molecule has 0 heterocycles. The molecule has 0 aliphatic heterocycles. The van der Waals surface area contributed by atoms with Crippen molar-refractivity contribution in [2.24, 2.45) is 5.92 Å². The van der Waals surface area contributed by atoms with Crippen molar-refractivity contribution in [2.75, 3.05) is 0 Å². The molecule has 0 aliphatic carbocycles. The van der Waals surface area contributed by atoms with E-state index in [1.165, 1.54) is 6.08 Å². The van der Waals surface area contributed by atoms with Gasteiger partial charge in [0.15, 0.2) is 0 Å². The van der Waals surface area contributed by atoms with Crippen LogP contribution < -0.4 is 0 Å². The molecule has 0 amide bonds. The Morgan fingerprint density at radius 1 is 1.78 bits per heavy atom. The molecule has 0 aromatic rings. The van der Waals surface area contributed by atoms with E-state index in [0.29, 0.717) is 6.42 Å². The van der Waals surface area contributed by atoms with Gasteiger partial charge in [-0.1, -0.05) is 6.92 Å². The zero-order chi connectivity index (χ0) is 7.28. The van der Waals surface area contributed by atoms with Crippen molar-refractivity contribution >= 4 is 5.97 Å². The minimum absolute atomic E-state index is 0.506. The topological polar surface area (TPSA) is 57.5 Å². The maximum atomic E-state index is 10.2. The number of hydrogen-bond acceptors (Lipinski definition) is 2. The molecule has 9 heavy (non-hydrogen) atoms. The number of carboxylic acid groups (broad SMARTS) is 1. The van der Waals surface area contributed by atoms with E-state index in [1.54, 1.807) is 6.92 Å². The smallest absolute Gasteiger partial charge is 0.310 e. The largest absolute Gasteiger partial charge is 0.516 e. The molecule has 2 N–H and O–H groups in total. The standard InChI is InChI=1S/C6H10O3/c1-2-5(3-4-7)6(8)9/h3-5,7H,2H2,1H3,(H,8,9)/b4-3-. The lowest BCUT2D eigenvalue weighted by atomic mass is 10.1. The predicted octanol–water partition coefficient (Wildman–Crippen LogP) is 1.17. The Morgan fingerprint density at radius 3 is 2.44 bits per heavy atom. The van der Waals surface area contributed by atoms with Gasteiger partial charge >= 0.3 is 5.97 Å². The summed E-state index contributed by atoms with van der Waals surface area (Å²) in [6.07, 6.45) is 2.52. The maximum absolute atomic E-state index is 10.2. The Bertz CT molecular complexity index is 117. The van der Waals surface area contributed by atoms with E-state index in [-0.39, 0.29) is 0 Å². The lowest BCUT2D eigenvalue weighted by molar-refractivity contribution is -0.140. The fraction of sp³-hybridized carbons (Fsp3) is 0.500. The van der Waals surface area contributed by atoms with E-state index in [9.17, 15) is 4.79 Å². The van der Waals surface area contributed by atoms with Crippen molar-refractivity contribution in [2.45, 2.75) is 13.3 Å². The molecule has 0 saturated heterocycles. The van der Waals surface area contributed by atoms with Crippen molar-refractivity contribution < 1.29 is 15.0 Å². The first-order valence-corrected chi connectivity index (χ1v) is 2.76. The van der Waals surface area contributed by atoms with Crippen molar-refractivity contribution in [3.63, 3.8) is 0 Å². The van der Waals surface area contributed by atoms with E-state index in [2.05, 4.69) is 0 Å². The van der Waals surface area contributed by atoms with Gasteiger partial charge in [0.05, 0.1) is 12.2 Å². The summed E-state index contributed by atoms with van der Waals surface area (Å²) < 4.78 is 0. The fourth-order valence-electron chi connectivity index (χ4n) is 0.497. The molecular weight excluding hydrogens is 120 g/mol. The van der Waals surface area contributed by atoms with Crippen molar-refractivity contribution in [1.82, 2.24) is 0 Å². The molecule has 0 spiro atoms. The number of carboxylic acids is 1. The van der Waals surface area contributed by atoms with Crippen LogP contribution in [0.25, 0.3) is 0 Å². The highest BCUT2D eigenvalue weighted by Gasteiger charge is 2.09. The maximum Gasteiger partial charge on any atom is 0.310 e. The highest BCUT2D eigenvalue weighted by Crippen LogP contribution is 2.02. The number of aliphatic carboxylic acids is 1. The quantitative estimate of drug-likeness (QED) is 0.564. The monoisotopic (exact) mass is 130 g/mol. The second kappa shape index (κ2) is 3.95. The second-order valence-corrected chi connectivity index (χ2v) is 1.69. The zero-order valence-electron chi connectivity index (χ0n) is 5.24. The lowest BCUT2D eigenvalue weighted by Crippen LogP contribution is -2.08. The van der Waals surface area contributed by atoms with Crippen LogP contribution in [0.2, 0.25) is 0 Å². The van der Waals surface area contributed by atoms with Gasteiger partial charge in [0.1, 0.15) is 0 Å². The lowest BCUT2D eigenvalue weighted by Gasteiger charge is -1.99. The summed E-state index contributed by atoms with van der Waals surface area (Å²) in [4.78, 5) is 10.2. The first-order valence-electron chi connectivity index (χ1n) is 2.76. The SMILES string of the molecule is CCC(/C=C\O)C(=O)O. The molecule has 0 aromatic carbocycles. The van der Waals surface area contributed by atoms with Crippen LogP contribution in [0.5, 0.6) is 0 Å². The molecule has 1 atom stereocenters. The van der Waals surface area contributed by atoms with Crippen molar-refractivity contribution in [3.8, 4) is 0 Å². The van der Waals surface area contributed by atoms with Crippen LogP contribution in [0.4, 0.5) is 0 Å². The van der Waals surface area contributed by atoms with Gasteiger partial charge in [0, 0.05) is 0 Å². The Balaban J connectivity index is 3.83. The van der Waals surface area contributed by atoms with E-state index in [4.69, 9.17) is 10.2 Å². The van der Waals surface area contributed by atoms with Crippen LogP contribution in [0.15, 0.2) is 12.3 Å². The summed E-state index contributed by atoms with van der Waals surface area (Å²) in [5.41, 5.74) is 0. The summed E-state index contributed by atoms with van der Waals surface area (Å²) in [6, 6.07) is 0. The summed E-state index contributed by atoms with van der Waals surface area (Å²) in [5, 5.41) is 16.5. The molecular formula is C6H10O3. The first kappa shape index (κ1) is 8.01. The van der Waals surface area contributed by atoms with Gasteiger partial charge in [0.2, 0.25) is 0 Å². The van der Waals surface area contributed by atoms with Crippen LogP contribution in [-0.4, -0.2) is 16.2 Å². The Morgan fingerprint density at radius 2 is 2.33 bits per heavy atom. The number of aliphatic hydroxyl groups is 1. The molecule has 0 fully saturated rings. The van der Waals surface area contributed by atoms with E-state index in [1.807, 2.05) is 0 Å². The third kappa shape index (κ3) is 2.74. The zero-order valence-corrected chi connectivity index (χ0v) is 5.24. The van der Waals surface area contributed by atoms with Gasteiger partial charge in [-0.05, 0) is 12.5 Å². The van der Waals surface area contributed by atoms with Crippen LogP contribution in [0.1, 0.15) is 13.3 Å². The average Bonchev–Trinajstić information content (AvgIpc) is 1.82. The molecule has 3 nitrogen and oxygen atoms in total. The molecule has 0 radical (unpaired) electrons. The summed E-state index contributed by atoms with van der Waals surface area (Å²) in [5.74, 6) is -1.45. The number of rotatable bonds is 3. The molecule has 1 unspecified atom stereocenters. The van der Waals surface area contributed by atoms with Gasteiger partial charge in [-0.2, -0.15) is 0 Å². The molecule has 0 aromatic heterocycles. The van der Waals surface area contributed by atoms with Crippen LogP contribution in [0.3, 0.4) is 0 Å². The summed E-state index contributed by atoms with van der Waals surface area (Å²) in [7, 11) is 0. The van der Waals surface area contributed by atoms with Crippen LogP contribution >= 0.6 is 0 Å². The number of carbonyl (C=O) groups is 1. The fourth-order valence-corrected chi connectivity index (χ4v) is 0.497. The minimum Gasteiger partial charge on any atom is -0.516 e. The first-order chi connectivity index (χ1) is 4.22. The van der Waals surface area contributed by atoms with Gasteiger partial charge < -0.3 is 10.2 Å². The predicted molar refractivity (Wildman–Crippen MR) is 33.2 cm³/mol. The Kier molecular flexibility index (Phi) is 3.51. The van der Waals surface area contributed by atoms with Gasteiger partial charge in [-0.15, -0.1) is 0 Å². The summed E-state index contributed by atoms with van der Waals surface area (Å²) >= 11 is 0. The van der Waals surface area contributed by atoms with Gasteiger partial charge in [-0.25, -0.2) is 0 Å². The third-order valence-corrected chi connectivity index (χ3v) is 1.08. The molecule has 0 saturated carbocycles. The highest BCUT2D eigenvalue weighted by molar-refractivity contribution is 5.71. The molecule has 0 bridgehead atoms. The van der Waals surface area contributed by atoms with Crippen LogP contribution in [-0.2, 0) is 4.79 Å². The Labute approximate surface area is 53.6 Å². The molecule has 3 heteroatoms. The molecule has 52 valence electrons. The van der Waals surface area contributed by atoms with E-state index in [0.717, 1.165) is 6.26 Å². The van der Waals surface area contributed by atoms with Crippen LogP contribution in [0, 0.1) is 5.92 Å². The normalized spacial score (nSPS) is 13.9. The molecule has 0 rings (SSSR count). The van der Waals surface area contributed by atoms with Crippen molar-refractivity contribution in [3.05, 3.63) is 12.3 Å². The Hall–Kier alpha value is -0.990. The van der Waals surface area contributed by atoms with E-state index < -0.39 is 11.9 Å². The van der Waals surface area contributed by atoms with Crippen molar-refractivity contribution in [1.29, 1.82) is 0 Å². The third-order valence-electron chi connectivity index (χ3n) is 1.08. The van der Waals surface area contributed by atoms with Gasteiger partial charge in [-0.3, -0.25) is 4.79 Å². The number of aliphatic hydroxyl groups excluding tert-OH is 1. The minimum atomic E-state index is -0.900. The highest BCUT2D eigenvalue weighted by atomic mass is 16.4. The summed E-state index contributed by atoms with van der Waals surface area (Å²) in [6.45, 7) is 1.75. The molecule has 0 aliphatic rings.